The molecule has 11 rings (SSSR count). The van der Waals surface area contributed by atoms with E-state index in [9.17, 15) is 0 Å². The molecule has 0 amide bonds. The predicted molar refractivity (Wildman–Crippen MR) is 231 cm³/mol. The average Bonchev–Trinajstić information content (AvgIpc) is 3.59. The minimum Gasteiger partial charge on any atom is -0.309 e. The van der Waals surface area contributed by atoms with Gasteiger partial charge >= 0.3 is 0 Å². The van der Waals surface area contributed by atoms with Crippen LogP contribution in [0.25, 0.3) is 105 Å². The first kappa shape index (κ1) is 31.2. The number of hydrogen-bond acceptors (Lipinski definition) is 2. The Morgan fingerprint density at radius 2 is 0.945 bits per heavy atom. The first-order valence-corrected chi connectivity index (χ1v) is 18.7. The summed E-state index contributed by atoms with van der Waals surface area (Å²) in [5.74, 6) is 0.704. The predicted octanol–water partition coefficient (Wildman–Crippen LogP) is 13.7. The van der Waals surface area contributed by atoms with E-state index in [2.05, 4.69) is 199 Å². The molecule has 0 saturated carbocycles. The van der Waals surface area contributed by atoms with Gasteiger partial charge in [-0.1, -0.05) is 152 Å². The van der Waals surface area contributed by atoms with Crippen molar-refractivity contribution in [1.82, 2.24) is 14.5 Å². The van der Waals surface area contributed by atoms with Crippen molar-refractivity contribution in [2.45, 2.75) is 0 Å². The van der Waals surface area contributed by atoms with Crippen molar-refractivity contribution >= 4 is 54.1 Å². The normalized spacial score (nSPS) is 11.6. The Morgan fingerprint density at radius 3 is 1.80 bits per heavy atom. The van der Waals surface area contributed by atoms with Crippen LogP contribution in [0.3, 0.4) is 0 Å². The Hall–Kier alpha value is -7.36. The van der Waals surface area contributed by atoms with Crippen LogP contribution >= 0.6 is 0 Å². The van der Waals surface area contributed by atoms with Gasteiger partial charge in [-0.2, -0.15) is 0 Å². The molecule has 0 bridgehead atoms. The Balaban J connectivity index is 1.13. The molecule has 3 nitrogen and oxygen atoms in total. The van der Waals surface area contributed by atoms with Crippen molar-refractivity contribution in [3.63, 3.8) is 0 Å². The number of hydrogen-bond donors (Lipinski definition) is 0. The number of para-hydroxylation sites is 2. The van der Waals surface area contributed by atoms with E-state index >= 15 is 0 Å². The molecule has 0 radical (unpaired) electrons. The van der Waals surface area contributed by atoms with Crippen LogP contribution in [0.4, 0.5) is 0 Å². The Morgan fingerprint density at radius 1 is 0.327 bits per heavy atom. The highest BCUT2D eigenvalue weighted by Crippen LogP contribution is 2.42. The smallest absolute Gasteiger partial charge is 0.160 e. The second-order valence-electron chi connectivity index (χ2n) is 14.2. The van der Waals surface area contributed by atoms with Gasteiger partial charge in [-0.15, -0.1) is 0 Å². The topological polar surface area (TPSA) is 30.7 Å². The number of nitrogens with zero attached hydrogens (tertiary/aromatic N) is 3. The molecule has 0 saturated heterocycles. The standard InChI is InChI=1S/C52H33N3/c1-3-15-35(16-4-1)52-53-46(33-47(54-52)51-43-23-10-8-17-38(43)31-40-27-26-34-14-7-9-22-42(34)50(40)51)39-19-13-18-36(30-39)37-28-29-49-45(32-37)44-24-11-12-25-48(44)55(49)41-20-5-2-6-21-41/h1-33H. The van der Waals surface area contributed by atoms with Crippen molar-refractivity contribution < 1.29 is 0 Å². The fraction of sp³-hybridized carbons (Fsp3) is 0. The molecule has 55 heavy (non-hydrogen) atoms. The number of rotatable bonds is 5. The molecule has 0 N–H and O–H groups in total. The lowest BCUT2D eigenvalue weighted by molar-refractivity contribution is 1.18. The van der Waals surface area contributed by atoms with E-state index in [-0.39, 0.29) is 0 Å². The molecule has 0 fully saturated rings. The Kier molecular flexibility index (Phi) is 7.17. The molecular formula is C52H33N3. The zero-order valence-electron chi connectivity index (χ0n) is 29.9. The molecule has 0 aliphatic rings. The van der Waals surface area contributed by atoms with Crippen molar-refractivity contribution in [3.05, 3.63) is 200 Å². The lowest BCUT2D eigenvalue weighted by Gasteiger charge is -2.16. The first-order chi connectivity index (χ1) is 27.3. The highest BCUT2D eigenvalue weighted by Gasteiger charge is 2.18. The fourth-order valence-electron chi connectivity index (χ4n) is 8.41. The molecule has 11 aromatic rings. The van der Waals surface area contributed by atoms with Crippen LogP contribution in [-0.4, -0.2) is 14.5 Å². The van der Waals surface area contributed by atoms with Crippen molar-refractivity contribution in [2.24, 2.45) is 0 Å². The van der Waals surface area contributed by atoms with Crippen LogP contribution < -0.4 is 0 Å². The van der Waals surface area contributed by atoms with E-state index < -0.39 is 0 Å². The summed E-state index contributed by atoms with van der Waals surface area (Å²) in [6.07, 6.45) is 0. The van der Waals surface area contributed by atoms with Crippen LogP contribution in [-0.2, 0) is 0 Å². The zero-order chi connectivity index (χ0) is 36.3. The van der Waals surface area contributed by atoms with E-state index in [4.69, 9.17) is 9.97 Å². The maximum atomic E-state index is 5.36. The van der Waals surface area contributed by atoms with E-state index in [1.54, 1.807) is 0 Å². The molecule has 2 heterocycles. The molecule has 3 heteroatoms. The van der Waals surface area contributed by atoms with Crippen molar-refractivity contribution in [3.8, 4) is 50.7 Å². The summed E-state index contributed by atoms with van der Waals surface area (Å²) in [5, 5.41) is 9.65. The number of benzene rings is 9. The second-order valence-corrected chi connectivity index (χ2v) is 14.2. The van der Waals surface area contributed by atoms with Gasteiger partial charge in [0, 0.05) is 33.2 Å². The average molecular weight is 700 g/mol. The van der Waals surface area contributed by atoms with E-state index in [1.807, 2.05) is 6.07 Å². The molecular weight excluding hydrogens is 667 g/mol. The quantitative estimate of drug-likeness (QED) is 0.132. The maximum Gasteiger partial charge on any atom is 0.160 e. The Labute approximate surface area is 318 Å². The van der Waals surface area contributed by atoms with Gasteiger partial charge in [0.1, 0.15) is 0 Å². The minimum atomic E-state index is 0.704. The van der Waals surface area contributed by atoms with Crippen LogP contribution in [0.2, 0.25) is 0 Å². The van der Waals surface area contributed by atoms with Gasteiger partial charge in [0.2, 0.25) is 0 Å². The third-order valence-corrected chi connectivity index (χ3v) is 10.9. The minimum absolute atomic E-state index is 0.704. The van der Waals surface area contributed by atoms with Gasteiger partial charge in [-0.25, -0.2) is 9.97 Å². The van der Waals surface area contributed by atoms with Gasteiger partial charge in [0.15, 0.2) is 5.82 Å². The summed E-state index contributed by atoms with van der Waals surface area (Å²) in [5.41, 5.74) is 10.8. The maximum absolute atomic E-state index is 5.36. The summed E-state index contributed by atoms with van der Waals surface area (Å²) in [4.78, 5) is 10.6. The van der Waals surface area contributed by atoms with Crippen LogP contribution in [0.15, 0.2) is 200 Å². The third kappa shape index (κ3) is 5.20. The van der Waals surface area contributed by atoms with Gasteiger partial charge < -0.3 is 4.57 Å². The SMILES string of the molecule is c1ccc(-c2nc(-c3cccc(-c4ccc5c(c4)c4ccccc4n5-c4ccccc4)c3)cc(-c3c4ccccc4cc4ccc5ccccc5c34)n2)cc1. The molecule has 9 aromatic carbocycles. The molecule has 0 aliphatic carbocycles. The highest BCUT2D eigenvalue weighted by molar-refractivity contribution is 6.21. The molecule has 0 unspecified atom stereocenters. The second kappa shape index (κ2) is 12.6. The lowest BCUT2D eigenvalue weighted by Crippen LogP contribution is -1.97. The van der Waals surface area contributed by atoms with Gasteiger partial charge in [0.05, 0.1) is 22.4 Å². The molecule has 2 aromatic heterocycles. The van der Waals surface area contributed by atoms with Crippen LogP contribution in [0, 0.1) is 0 Å². The van der Waals surface area contributed by atoms with Crippen molar-refractivity contribution in [1.29, 1.82) is 0 Å². The Bertz CT molecular complexity index is 3250. The molecule has 0 aliphatic heterocycles. The third-order valence-electron chi connectivity index (χ3n) is 10.9. The molecule has 256 valence electrons. The van der Waals surface area contributed by atoms with E-state index in [0.717, 1.165) is 44.9 Å². The number of fused-ring (bicyclic) bond motifs is 7. The van der Waals surface area contributed by atoms with E-state index in [1.165, 1.54) is 54.1 Å². The summed E-state index contributed by atoms with van der Waals surface area (Å²) in [6, 6.07) is 71.5. The fourth-order valence-corrected chi connectivity index (χ4v) is 8.41. The lowest BCUT2D eigenvalue weighted by atomic mass is 9.90. The zero-order valence-corrected chi connectivity index (χ0v) is 29.9. The summed E-state index contributed by atoms with van der Waals surface area (Å²) >= 11 is 0. The largest absolute Gasteiger partial charge is 0.309 e. The first-order valence-electron chi connectivity index (χ1n) is 18.7. The van der Waals surface area contributed by atoms with Crippen molar-refractivity contribution in [2.75, 3.05) is 0 Å². The van der Waals surface area contributed by atoms with Gasteiger partial charge in [-0.3, -0.25) is 0 Å². The van der Waals surface area contributed by atoms with Gasteiger partial charge in [-0.05, 0) is 92.0 Å². The van der Waals surface area contributed by atoms with E-state index in [0.29, 0.717) is 5.82 Å². The summed E-state index contributed by atoms with van der Waals surface area (Å²) in [7, 11) is 0. The number of aromatic nitrogens is 3. The highest BCUT2D eigenvalue weighted by atomic mass is 15.0. The molecule has 0 atom stereocenters. The van der Waals surface area contributed by atoms with Crippen LogP contribution in [0.5, 0.6) is 0 Å². The monoisotopic (exact) mass is 699 g/mol. The van der Waals surface area contributed by atoms with Crippen LogP contribution in [0.1, 0.15) is 0 Å². The molecule has 0 spiro atoms. The van der Waals surface area contributed by atoms with Gasteiger partial charge in [0.25, 0.3) is 0 Å². The summed E-state index contributed by atoms with van der Waals surface area (Å²) in [6.45, 7) is 0. The summed E-state index contributed by atoms with van der Waals surface area (Å²) < 4.78 is 2.36.